The third-order valence-corrected chi connectivity index (χ3v) is 2.86. The molecular weight excluding hydrogens is 236 g/mol. The second-order valence-electron chi connectivity index (χ2n) is 3.63. The van der Waals surface area contributed by atoms with Gasteiger partial charge in [-0.1, -0.05) is 25.4 Å². The average Bonchev–Trinajstić information content (AvgIpc) is 2.36. The topological polar surface area (TPSA) is 36.3 Å². The van der Waals surface area contributed by atoms with E-state index in [1.54, 1.807) is 18.2 Å². The number of halogens is 1. The highest BCUT2D eigenvalue weighted by molar-refractivity contribution is 6.30. The Hall–Kier alpha value is -1.24. The van der Waals surface area contributed by atoms with Crippen molar-refractivity contribution < 1.29 is 4.74 Å². The molecule has 0 aliphatic carbocycles. The van der Waals surface area contributed by atoms with Crippen LogP contribution in [0, 0.1) is 11.3 Å². The predicted molar refractivity (Wildman–Crippen MR) is 69.5 cm³/mol. The lowest BCUT2D eigenvalue weighted by atomic mass is 10.2. The summed E-state index contributed by atoms with van der Waals surface area (Å²) in [6.07, 6.45) is 0. The second kappa shape index (κ2) is 7.16. The van der Waals surface area contributed by atoms with Crippen molar-refractivity contribution in [1.82, 2.24) is 4.90 Å². The molecule has 0 radical (unpaired) electrons. The molecule has 3 nitrogen and oxygen atoms in total. The molecule has 17 heavy (non-hydrogen) atoms. The number of hydrogen-bond donors (Lipinski definition) is 0. The maximum atomic E-state index is 8.94. The van der Waals surface area contributed by atoms with E-state index in [2.05, 4.69) is 24.8 Å². The first-order valence-corrected chi connectivity index (χ1v) is 6.13. The Kier molecular flexibility index (Phi) is 5.82. The van der Waals surface area contributed by atoms with Crippen molar-refractivity contribution in [1.29, 1.82) is 5.26 Å². The highest BCUT2D eigenvalue weighted by Crippen LogP contribution is 2.21. The van der Waals surface area contributed by atoms with E-state index < -0.39 is 0 Å². The van der Waals surface area contributed by atoms with Gasteiger partial charge in [0.2, 0.25) is 0 Å². The van der Waals surface area contributed by atoms with Gasteiger partial charge in [0.1, 0.15) is 18.4 Å². The van der Waals surface area contributed by atoms with Crippen molar-refractivity contribution in [2.75, 3.05) is 26.2 Å². The number of nitriles is 1. The first-order valence-electron chi connectivity index (χ1n) is 5.76. The molecule has 0 atom stereocenters. The highest BCUT2D eigenvalue weighted by atomic mass is 35.5. The monoisotopic (exact) mass is 252 g/mol. The third kappa shape index (κ3) is 4.26. The second-order valence-corrected chi connectivity index (χ2v) is 4.06. The van der Waals surface area contributed by atoms with Crippen LogP contribution in [0.3, 0.4) is 0 Å². The molecule has 0 bridgehead atoms. The number of nitrogens with zero attached hydrogens (tertiary/aromatic N) is 2. The van der Waals surface area contributed by atoms with Gasteiger partial charge in [0.15, 0.2) is 0 Å². The molecule has 1 aromatic carbocycles. The Bertz CT molecular complexity index is 397. The van der Waals surface area contributed by atoms with Gasteiger partial charge in [-0.2, -0.15) is 5.26 Å². The van der Waals surface area contributed by atoms with E-state index in [1.807, 2.05) is 0 Å². The minimum Gasteiger partial charge on any atom is -0.491 e. The van der Waals surface area contributed by atoms with Crippen molar-refractivity contribution in [3.8, 4) is 11.8 Å². The van der Waals surface area contributed by atoms with Crippen LogP contribution in [-0.4, -0.2) is 31.1 Å². The van der Waals surface area contributed by atoms with Gasteiger partial charge in [0.25, 0.3) is 0 Å². The van der Waals surface area contributed by atoms with Gasteiger partial charge in [-0.05, 0) is 31.3 Å². The Morgan fingerprint density at radius 2 is 2.06 bits per heavy atom. The normalized spacial score (nSPS) is 10.3. The summed E-state index contributed by atoms with van der Waals surface area (Å²) in [5, 5.41) is 9.50. The summed E-state index contributed by atoms with van der Waals surface area (Å²) in [6.45, 7) is 7.69. The molecule has 0 saturated heterocycles. The Morgan fingerprint density at radius 3 is 2.65 bits per heavy atom. The summed E-state index contributed by atoms with van der Waals surface area (Å²) in [4.78, 5) is 2.27. The Labute approximate surface area is 108 Å². The fourth-order valence-corrected chi connectivity index (χ4v) is 1.71. The summed E-state index contributed by atoms with van der Waals surface area (Å²) in [5.41, 5.74) is 0.483. The lowest BCUT2D eigenvalue weighted by Gasteiger charge is -2.18. The summed E-state index contributed by atoms with van der Waals surface area (Å²) < 4.78 is 5.59. The third-order valence-electron chi connectivity index (χ3n) is 2.62. The molecule has 0 aliphatic rings. The van der Waals surface area contributed by atoms with Crippen molar-refractivity contribution in [2.24, 2.45) is 0 Å². The van der Waals surface area contributed by atoms with E-state index in [4.69, 9.17) is 21.6 Å². The lowest BCUT2D eigenvalue weighted by molar-refractivity contribution is 0.222. The van der Waals surface area contributed by atoms with Gasteiger partial charge in [-0.25, -0.2) is 0 Å². The summed E-state index contributed by atoms with van der Waals surface area (Å²) in [7, 11) is 0. The smallest absolute Gasteiger partial charge is 0.137 e. The zero-order chi connectivity index (χ0) is 12.7. The molecule has 0 unspecified atom stereocenters. The molecule has 4 heteroatoms. The van der Waals surface area contributed by atoms with Gasteiger partial charge < -0.3 is 9.64 Å². The van der Waals surface area contributed by atoms with Crippen LogP contribution in [0.15, 0.2) is 18.2 Å². The first kappa shape index (κ1) is 13.8. The van der Waals surface area contributed by atoms with Crippen molar-refractivity contribution in [2.45, 2.75) is 13.8 Å². The number of hydrogen-bond acceptors (Lipinski definition) is 3. The maximum Gasteiger partial charge on any atom is 0.137 e. The van der Waals surface area contributed by atoms with Crippen molar-refractivity contribution in [3.05, 3.63) is 28.8 Å². The van der Waals surface area contributed by atoms with E-state index in [-0.39, 0.29) is 0 Å². The van der Waals surface area contributed by atoms with E-state index >= 15 is 0 Å². The van der Waals surface area contributed by atoms with Crippen LogP contribution in [0.1, 0.15) is 19.4 Å². The maximum absolute atomic E-state index is 8.94. The quantitative estimate of drug-likeness (QED) is 0.781. The van der Waals surface area contributed by atoms with Crippen LogP contribution in [0.5, 0.6) is 5.75 Å². The Balaban J connectivity index is 2.55. The molecular formula is C13H17ClN2O. The molecule has 1 rings (SSSR count). The van der Waals surface area contributed by atoms with Crippen molar-refractivity contribution >= 4 is 11.6 Å². The number of ether oxygens (including phenoxy) is 1. The lowest BCUT2D eigenvalue weighted by Crippen LogP contribution is -2.28. The molecule has 0 heterocycles. The minimum absolute atomic E-state index is 0.483. The summed E-state index contributed by atoms with van der Waals surface area (Å²) in [6, 6.07) is 7.17. The summed E-state index contributed by atoms with van der Waals surface area (Å²) >= 11 is 5.81. The zero-order valence-corrected chi connectivity index (χ0v) is 11.0. The van der Waals surface area contributed by atoms with Gasteiger partial charge in [0, 0.05) is 11.6 Å². The van der Waals surface area contributed by atoms with Crippen LogP contribution in [0.2, 0.25) is 5.02 Å². The van der Waals surface area contributed by atoms with E-state index in [0.29, 0.717) is 22.9 Å². The number of benzene rings is 1. The highest BCUT2D eigenvalue weighted by Gasteiger charge is 2.05. The van der Waals surface area contributed by atoms with Crippen LogP contribution >= 0.6 is 11.6 Å². The molecule has 0 spiro atoms. The van der Waals surface area contributed by atoms with Crippen LogP contribution < -0.4 is 4.74 Å². The van der Waals surface area contributed by atoms with Crippen LogP contribution in [0.4, 0.5) is 0 Å². The standard InChI is InChI=1S/C13H17ClN2O/c1-3-16(4-2)7-8-17-13-6-5-12(14)9-11(13)10-15/h5-6,9H,3-4,7-8H2,1-2H3. The molecule has 0 N–H and O–H groups in total. The largest absolute Gasteiger partial charge is 0.491 e. The molecule has 0 aliphatic heterocycles. The molecule has 0 aromatic heterocycles. The molecule has 92 valence electrons. The predicted octanol–water partition coefficient (Wildman–Crippen LogP) is 2.93. The molecule has 0 fully saturated rings. The summed E-state index contributed by atoms with van der Waals surface area (Å²) in [5.74, 6) is 0.601. The van der Waals surface area contributed by atoms with Crippen molar-refractivity contribution in [3.63, 3.8) is 0 Å². The van der Waals surface area contributed by atoms with Gasteiger partial charge >= 0.3 is 0 Å². The van der Waals surface area contributed by atoms with E-state index in [1.165, 1.54) is 0 Å². The molecule has 0 saturated carbocycles. The van der Waals surface area contributed by atoms with E-state index in [0.717, 1.165) is 19.6 Å². The first-order chi connectivity index (χ1) is 8.21. The average molecular weight is 253 g/mol. The SMILES string of the molecule is CCN(CC)CCOc1ccc(Cl)cc1C#N. The van der Waals surface area contributed by atoms with Gasteiger partial charge in [-0.15, -0.1) is 0 Å². The van der Waals surface area contributed by atoms with Gasteiger partial charge in [-0.3, -0.25) is 0 Å². The minimum atomic E-state index is 0.483. The van der Waals surface area contributed by atoms with Gasteiger partial charge in [0.05, 0.1) is 5.56 Å². The number of rotatable bonds is 6. The van der Waals surface area contributed by atoms with Crippen LogP contribution in [-0.2, 0) is 0 Å². The fourth-order valence-electron chi connectivity index (χ4n) is 1.54. The fraction of sp³-hybridized carbons (Fsp3) is 0.462. The molecule has 1 aromatic rings. The Morgan fingerprint density at radius 1 is 1.35 bits per heavy atom. The van der Waals surface area contributed by atoms with E-state index in [9.17, 15) is 0 Å². The van der Waals surface area contributed by atoms with Crippen LogP contribution in [0.25, 0.3) is 0 Å². The molecule has 0 amide bonds. The number of likely N-dealkylation sites (N-methyl/N-ethyl adjacent to an activating group) is 1. The zero-order valence-electron chi connectivity index (χ0n) is 10.2.